The quantitative estimate of drug-likeness (QED) is 0.574. The van der Waals surface area contributed by atoms with Gasteiger partial charge in [-0.2, -0.15) is 0 Å². The van der Waals surface area contributed by atoms with E-state index < -0.39 is 5.60 Å². The van der Waals surface area contributed by atoms with Gasteiger partial charge < -0.3 is 9.84 Å². The standard InChI is InChI=1S/C12H20O3/c1-12(2,3)15-11(14)7-9-4-5-10(6-9)8-13/h4-5,9-10,13H,6-8H2,1-3H3/t9-,10?/m1/s1. The maximum atomic E-state index is 11.5. The number of carbonyl (C=O) groups excluding carboxylic acids is 1. The summed E-state index contributed by atoms with van der Waals surface area (Å²) in [7, 11) is 0. The van der Waals surface area contributed by atoms with Crippen LogP contribution in [0.1, 0.15) is 33.6 Å². The fourth-order valence-corrected chi connectivity index (χ4v) is 1.74. The topological polar surface area (TPSA) is 46.5 Å². The smallest absolute Gasteiger partial charge is 0.306 e. The molecule has 0 radical (unpaired) electrons. The van der Waals surface area contributed by atoms with Crippen LogP contribution in [-0.4, -0.2) is 23.3 Å². The minimum absolute atomic E-state index is 0.157. The number of esters is 1. The van der Waals surface area contributed by atoms with Crippen molar-refractivity contribution in [1.29, 1.82) is 0 Å². The number of hydrogen-bond donors (Lipinski definition) is 1. The average molecular weight is 212 g/mol. The van der Waals surface area contributed by atoms with Crippen LogP contribution in [0, 0.1) is 11.8 Å². The van der Waals surface area contributed by atoms with Gasteiger partial charge in [0.15, 0.2) is 0 Å². The van der Waals surface area contributed by atoms with Crippen molar-refractivity contribution < 1.29 is 14.6 Å². The SMILES string of the molecule is CC(C)(C)OC(=O)C[C@@H]1C=CC(CO)C1. The first kappa shape index (κ1) is 12.2. The number of ether oxygens (including phenoxy) is 1. The van der Waals surface area contributed by atoms with Gasteiger partial charge in [-0.3, -0.25) is 4.79 Å². The maximum absolute atomic E-state index is 11.5. The van der Waals surface area contributed by atoms with E-state index in [1.807, 2.05) is 32.9 Å². The Morgan fingerprint density at radius 2 is 2.00 bits per heavy atom. The van der Waals surface area contributed by atoms with Gasteiger partial charge in [-0.05, 0) is 33.1 Å². The molecule has 2 atom stereocenters. The molecule has 1 unspecified atom stereocenters. The van der Waals surface area contributed by atoms with Gasteiger partial charge in [0.2, 0.25) is 0 Å². The largest absolute Gasteiger partial charge is 0.460 e. The zero-order valence-electron chi connectivity index (χ0n) is 9.69. The molecule has 1 rings (SSSR count). The average Bonchev–Trinajstić information content (AvgIpc) is 2.48. The van der Waals surface area contributed by atoms with Crippen LogP contribution in [0.4, 0.5) is 0 Å². The first-order valence-electron chi connectivity index (χ1n) is 5.42. The van der Waals surface area contributed by atoms with Gasteiger partial charge in [-0.25, -0.2) is 0 Å². The lowest BCUT2D eigenvalue weighted by Gasteiger charge is -2.20. The second-order valence-corrected chi connectivity index (χ2v) is 5.11. The summed E-state index contributed by atoms with van der Waals surface area (Å²) in [4.78, 5) is 11.5. The third-order valence-electron chi connectivity index (χ3n) is 2.34. The monoisotopic (exact) mass is 212 g/mol. The van der Waals surface area contributed by atoms with Gasteiger partial charge in [0.25, 0.3) is 0 Å². The number of aliphatic hydroxyl groups excluding tert-OH is 1. The lowest BCUT2D eigenvalue weighted by molar-refractivity contribution is -0.155. The molecule has 0 spiro atoms. The Bertz CT molecular complexity index is 250. The molecule has 3 heteroatoms. The number of hydrogen-bond acceptors (Lipinski definition) is 3. The summed E-state index contributed by atoms with van der Waals surface area (Å²) in [6.07, 6.45) is 5.26. The van der Waals surface area contributed by atoms with Crippen LogP contribution in [0.15, 0.2) is 12.2 Å². The van der Waals surface area contributed by atoms with Crippen LogP contribution >= 0.6 is 0 Å². The van der Waals surface area contributed by atoms with Crippen molar-refractivity contribution >= 4 is 5.97 Å². The molecule has 15 heavy (non-hydrogen) atoms. The lowest BCUT2D eigenvalue weighted by atomic mass is 10.0. The lowest BCUT2D eigenvalue weighted by Crippen LogP contribution is -2.24. The van der Waals surface area contributed by atoms with E-state index in [2.05, 4.69) is 0 Å². The Labute approximate surface area is 91.1 Å². The molecule has 0 heterocycles. The van der Waals surface area contributed by atoms with E-state index in [1.165, 1.54) is 0 Å². The number of allylic oxidation sites excluding steroid dienone is 1. The van der Waals surface area contributed by atoms with Crippen molar-refractivity contribution in [2.75, 3.05) is 6.61 Å². The molecule has 0 bridgehead atoms. The Kier molecular flexibility index (Phi) is 3.91. The molecule has 0 aliphatic heterocycles. The van der Waals surface area contributed by atoms with Gasteiger partial charge in [0, 0.05) is 12.5 Å². The van der Waals surface area contributed by atoms with E-state index in [4.69, 9.17) is 9.84 Å². The normalized spacial score (nSPS) is 25.6. The number of rotatable bonds is 3. The van der Waals surface area contributed by atoms with Crippen molar-refractivity contribution in [3.05, 3.63) is 12.2 Å². The zero-order valence-corrected chi connectivity index (χ0v) is 9.69. The molecular formula is C12H20O3. The van der Waals surface area contributed by atoms with Crippen LogP contribution in [0.2, 0.25) is 0 Å². The highest BCUT2D eigenvalue weighted by atomic mass is 16.6. The molecule has 0 fully saturated rings. The van der Waals surface area contributed by atoms with Crippen LogP contribution in [0.5, 0.6) is 0 Å². The van der Waals surface area contributed by atoms with Gasteiger partial charge >= 0.3 is 5.97 Å². The first-order valence-corrected chi connectivity index (χ1v) is 5.42. The molecule has 1 N–H and O–H groups in total. The van der Waals surface area contributed by atoms with E-state index in [0.717, 1.165) is 6.42 Å². The van der Waals surface area contributed by atoms with E-state index in [-0.39, 0.29) is 24.4 Å². The molecule has 1 aliphatic carbocycles. The highest BCUT2D eigenvalue weighted by Gasteiger charge is 2.23. The molecule has 86 valence electrons. The summed E-state index contributed by atoms with van der Waals surface area (Å²) in [5.41, 5.74) is -0.407. The zero-order chi connectivity index (χ0) is 11.5. The highest BCUT2D eigenvalue weighted by Crippen LogP contribution is 2.26. The van der Waals surface area contributed by atoms with Gasteiger partial charge in [-0.1, -0.05) is 12.2 Å². The van der Waals surface area contributed by atoms with E-state index in [9.17, 15) is 4.79 Å². The Morgan fingerprint density at radius 1 is 1.40 bits per heavy atom. The van der Waals surface area contributed by atoms with Crippen molar-refractivity contribution in [3.8, 4) is 0 Å². The third-order valence-corrected chi connectivity index (χ3v) is 2.34. The summed E-state index contributed by atoms with van der Waals surface area (Å²) in [5, 5.41) is 8.94. The molecular weight excluding hydrogens is 192 g/mol. The van der Waals surface area contributed by atoms with Gasteiger partial charge in [-0.15, -0.1) is 0 Å². The van der Waals surface area contributed by atoms with E-state index in [0.29, 0.717) is 6.42 Å². The summed E-state index contributed by atoms with van der Waals surface area (Å²) < 4.78 is 5.23. The predicted octanol–water partition coefficient (Wildman–Crippen LogP) is 1.90. The molecule has 0 saturated carbocycles. The van der Waals surface area contributed by atoms with Crippen LogP contribution in [-0.2, 0) is 9.53 Å². The number of carbonyl (C=O) groups is 1. The summed E-state index contributed by atoms with van der Waals surface area (Å²) >= 11 is 0. The van der Waals surface area contributed by atoms with Gasteiger partial charge in [0.05, 0.1) is 6.42 Å². The van der Waals surface area contributed by atoms with Crippen molar-refractivity contribution in [2.24, 2.45) is 11.8 Å². The maximum Gasteiger partial charge on any atom is 0.306 e. The van der Waals surface area contributed by atoms with Crippen LogP contribution in [0.3, 0.4) is 0 Å². The summed E-state index contributed by atoms with van der Waals surface area (Å²) in [5.74, 6) is 0.296. The second kappa shape index (κ2) is 4.79. The molecule has 0 saturated heterocycles. The van der Waals surface area contributed by atoms with E-state index >= 15 is 0 Å². The van der Waals surface area contributed by atoms with Crippen molar-refractivity contribution in [1.82, 2.24) is 0 Å². The summed E-state index contributed by atoms with van der Waals surface area (Å²) in [6, 6.07) is 0. The summed E-state index contributed by atoms with van der Waals surface area (Å²) in [6.45, 7) is 5.77. The molecule has 0 aromatic rings. The molecule has 3 nitrogen and oxygen atoms in total. The minimum Gasteiger partial charge on any atom is -0.460 e. The highest BCUT2D eigenvalue weighted by molar-refractivity contribution is 5.70. The predicted molar refractivity (Wildman–Crippen MR) is 58.3 cm³/mol. The van der Waals surface area contributed by atoms with Crippen molar-refractivity contribution in [3.63, 3.8) is 0 Å². The van der Waals surface area contributed by atoms with E-state index in [1.54, 1.807) is 0 Å². The molecule has 1 aliphatic rings. The first-order chi connectivity index (χ1) is 6.90. The molecule has 0 aromatic carbocycles. The Hall–Kier alpha value is -0.830. The third kappa shape index (κ3) is 4.47. The minimum atomic E-state index is -0.407. The van der Waals surface area contributed by atoms with Crippen LogP contribution < -0.4 is 0 Å². The second-order valence-electron chi connectivity index (χ2n) is 5.11. The fourth-order valence-electron chi connectivity index (χ4n) is 1.74. The van der Waals surface area contributed by atoms with Crippen LogP contribution in [0.25, 0.3) is 0 Å². The molecule has 0 aromatic heterocycles. The van der Waals surface area contributed by atoms with Gasteiger partial charge in [0.1, 0.15) is 5.60 Å². The Balaban J connectivity index is 2.32. The molecule has 0 amide bonds. The number of aliphatic hydroxyl groups is 1. The fraction of sp³-hybridized carbons (Fsp3) is 0.750. The Morgan fingerprint density at radius 3 is 2.47 bits per heavy atom. The van der Waals surface area contributed by atoms with Crippen molar-refractivity contribution in [2.45, 2.75) is 39.2 Å².